The van der Waals surface area contributed by atoms with E-state index >= 15 is 0 Å². The lowest BCUT2D eigenvalue weighted by Crippen LogP contribution is -2.37. The zero-order chi connectivity index (χ0) is 14.4. The minimum Gasteiger partial charge on any atom is -0.325 e. The smallest absolute Gasteiger partial charge is 0.241 e. The van der Waals surface area contributed by atoms with E-state index in [1.807, 2.05) is 44.2 Å². The second kappa shape index (κ2) is 6.77. The van der Waals surface area contributed by atoms with Gasteiger partial charge in [-0.25, -0.2) is 9.97 Å². The Morgan fingerprint density at radius 3 is 2.65 bits per heavy atom. The Morgan fingerprint density at radius 2 is 2.00 bits per heavy atom. The fraction of sp³-hybridized carbons (Fsp3) is 0.267. The standard InChI is InChI=1S/C15H18N4O/c1-11-3-5-13(6-4-11)19-15(20)12(2)17-9-14-7-8-16-10-18-14/h3-8,10,12,17H,9H2,1-2H3,(H,19,20). The Morgan fingerprint density at radius 1 is 1.25 bits per heavy atom. The normalized spacial score (nSPS) is 11.9. The molecule has 1 amide bonds. The van der Waals surface area contributed by atoms with Crippen molar-refractivity contribution in [1.82, 2.24) is 15.3 Å². The molecular weight excluding hydrogens is 252 g/mol. The van der Waals surface area contributed by atoms with Gasteiger partial charge in [0.15, 0.2) is 0 Å². The van der Waals surface area contributed by atoms with Gasteiger partial charge in [-0.15, -0.1) is 0 Å². The number of nitrogens with one attached hydrogen (secondary N) is 2. The van der Waals surface area contributed by atoms with E-state index < -0.39 is 0 Å². The second-order valence-electron chi connectivity index (χ2n) is 4.66. The van der Waals surface area contributed by atoms with Crippen molar-refractivity contribution in [2.45, 2.75) is 26.4 Å². The molecule has 0 aliphatic heterocycles. The highest BCUT2D eigenvalue weighted by atomic mass is 16.2. The Hall–Kier alpha value is -2.27. The Balaban J connectivity index is 1.84. The molecule has 1 aromatic heterocycles. The maximum Gasteiger partial charge on any atom is 0.241 e. The summed E-state index contributed by atoms with van der Waals surface area (Å²) in [6, 6.07) is 9.24. The SMILES string of the molecule is Cc1ccc(NC(=O)C(C)NCc2ccncn2)cc1. The summed E-state index contributed by atoms with van der Waals surface area (Å²) in [6.45, 7) is 4.37. The summed E-state index contributed by atoms with van der Waals surface area (Å²) in [4.78, 5) is 20.0. The van der Waals surface area contributed by atoms with Crippen LogP contribution in [0.25, 0.3) is 0 Å². The minimum absolute atomic E-state index is 0.0668. The first kappa shape index (κ1) is 14.1. The lowest BCUT2D eigenvalue weighted by atomic mass is 10.2. The number of hydrogen-bond donors (Lipinski definition) is 2. The zero-order valence-electron chi connectivity index (χ0n) is 11.6. The number of amides is 1. The molecule has 0 spiro atoms. The first-order valence-corrected chi connectivity index (χ1v) is 6.51. The van der Waals surface area contributed by atoms with Crippen LogP contribution in [0.1, 0.15) is 18.2 Å². The molecule has 0 fully saturated rings. The fourth-order valence-corrected chi connectivity index (χ4v) is 1.66. The van der Waals surface area contributed by atoms with E-state index in [1.54, 1.807) is 6.20 Å². The zero-order valence-corrected chi connectivity index (χ0v) is 11.6. The van der Waals surface area contributed by atoms with Crippen molar-refractivity contribution in [2.24, 2.45) is 0 Å². The van der Waals surface area contributed by atoms with Gasteiger partial charge in [0.2, 0.25) is 5.91 Å². The first-order valence-electron chi connectivity index (χ1n) is 6.51. The van der Waals surface area contributed by atoms with Crippen LogP contribution in [0.3, 0.4) is 0 Å². The molecule has 1 unspecified atom stereocenters. The maximum atomic E-state index is 12.0. The van der Waals surface area contributed by atoms with Gasteiger partial charge in [-0.1, -0.05) is 17.7 Å². The number of carbonyl (C=O) groups is 1. The number of carbonyl (C=O) groups excluding carboxylic acids is 1. The van der Waals surface area contributed by atoms with Crippen LogP contribution < -0.4 is 10.6 Å². The lowest BCUT2D eigenvalue weighted by Gasteiger charge is -2.13. The van der Waals surface area contributed by atoms with Crippen LogP contribution in [-0.4, -0.2) is 21.9 Å². The van der Waals surface area contributed by atoms with E-state index in [2.05, 4.69) is 20.6 Å². The number of benzene rings is 1. The van der Waals surface area contributed by atoms with E-state index in [0.717, 1.165) is 16.9 Å². The van der Waals surface area contributed by atoms with Gasteiger partial charge in [-0.2, -0.15) is 0 Å². The molecule has 0 saturated carbocycles. The van der Waals surface area contributed by atoms with Crippen molar-refractivity contribution in [3.05, 3.63) is 54.1 Å². The number of rotatable bonds is 5. The lowest BCUT2D eigenvalue weighted by molar-refractivity contribution is -0.117. The molecule has 0 aliphatic rings. The van der Waals surface area contributed by atoms with Gasteiger partial charge in [0.1, 0.15) is 6.33 Å². The summed E-state index contributed by atoms with van der Waals surface area (Å²) in [5.41, 5.74) is 2.82. The first-order chi connectivity index (χ1) is 9.65. The molecule has 0 aliphatic carbocycles. The van der Waals surface area contributed by atoms with E-state index in [9.17, 15) is 4.79 Å². The molecule has 5 nitrogen and oxygen atoms in total. The van der Waals surface area contributed by atoms with Crippen molar-refractivity contribution in [3.8, 4) is 0 Å². The third-order valence-corrected chi connectivity index (χ3v) is 2.94. The van der Waals surface area contributed by atoms with Crippen LogP contribution in [-0.2, 0) is 11.3 Å². The van der Waals surface area contributed by atoms with Gasteiger partial charge < -0.3 is 10.6 Å². The van der Waals surface area contributed by atoms with Crippen LogP contribution in [0.2, 0.25) is 0 Å². The maximum absolute atomic E-state index is 12.0. The highest BCUT2D eigenvalue weighted by Crippen LogP contribution is 2.08. The van der Waals surface area contributed by atoms with E-state index in [0.29, 0.717) is 6.54 Å². The summed E-state index contributed by atoms with van der Waals surface area (Å²) in [7, 11) is 0. The molecule has 2 aromatic rings. The van der Waals surface area contributed by atoms with Crippen LogP contribution in [0.5, 0.6) is 0 Å². The van der Waals surface area contributed by atoms with Crippen molar-refractivity contribution in [1.29, 1.82) is 0 Å². The van der Waals surface area contributed by atoms with E-state index in [1.165, 1.54) is 6.33 Å². The summed E-state index contributed by atoms with van der Waals surface area (Å²) >= 11 is 0. The average Bonchev–Trinajstić information content (AvgIpc) is 2.48. The van der Waals surface area contributed by atoms with Gasteiger partial charge in [-0.3, -0.25) is 4.79 Å². The molecule has 0 bridgehead atoms. The Kier molecular flexibility index (Phi) is 4.79. The number of hydrogen-bond acceptors (Lipinski definition) is 4. The molecular formula is C15H18N4O. The fourth-order valence-electron chi connectivity index (χ4n) is 1.66. The number of aromatic nitrogens is 2. The molecule has 20 heavy (non-hydrogen) atoms. The molecule has 104 valence electrons. The summed E-state index contributed by atoms with van der Waals surface area (Å²) < 4.78 is 0. The topological polar surface area (TPSA) is 66.9 Å². The highest BCUT2D eigenvalue weighted by molar-refractivity contribution is 5.94. The number of nitrogens with zero attached hydrogens (tertiary/aromatic N) is 2. The average molecular weight is 270 g/mol. The molecule has 1 aromatic carbocycles. The van der Waals surface area contributed by atoms with Gasteiger partial charge >= 0.3 is 0 Å². The van der Waals surface area contributed by atoms with Crippen molar-refractivity contribution < 1.29 is 4.79 Å². The minimum atomic E-state index is -0.300. The van der Waals surface area contributed by atoms with Crippen molar-refractivity contribution in [3.63, 3.8) is 0 Å². The summed E-state index contributed by atoms with van der Waals surface area (Å²) in [5.74, 6) is -0.0668. The molecule has 0 saturated heterocycles. The predicted molar refractivity (Wildman–Crippen MR) is 78.1 cm³/mol. The Labute approximate surface area is 118 Å². The third kappa shape index (κ3) is 4.13. The van der Waals surface area contributed by atoms with Gasteiger partial charge in [0.25, 0.3) is 0 Å². The Bertz CT molecular complexity index is 554. The van der Waals surface area contributed by atoms with Crippen LogP contribution in [0.4, 0.5) is 5.69 Å². The van der Waals surface area contributed by atoms with Crippen molar-refractivity contribution >= 4 is 11.6 Å². The van der Waals surface area contributed by atoms with Gasteiger partial charge in [0.05, 0.1) is 11.7 Å². The molecule has 5 heteroatoms. The van der Waals surface area contributed by atoms with E-state index in [4.69, 9.17) is 0 Å². The van der Waals surface area contributed by atoms with Gasteiger partial charge in [-0.05, 0) is 32.0 Å². The molecule has 1 atom stereocenters. The van der Waals surface area contributed by atoms with Crippen LogP contribution in [0.15, 0.2) is 42.9 Å². The number of anilines is 1. The molecule has 0 radical (unpaired) electrons. The molecule has 1 heterocycles. The van der Waals surface area contributed by atoms with Crippen molar-refractivity contribution in [2.75, 3.05) is 5.32 Å². The highest BCUT2D eigenvalue weighted by Gasteiger charge is 2.12. The van der Waals surface area contributed by atoms with Crippen LogP contribution in [0, 0.1) is 6.92 Å². The largest absolute Gasteiger partial charge is 0.325 e. The molecule has 2 N–H and O–H groups in total. The summed E-state index contributed by atoms with van der Waals surface area (Å²) in [6.07, 6.45) is 3.18. The summed E-state index contributed by atoms with van der Waals surface area (Å²) in [5, 5.41) is 6.00. The van der Waals surface area contributed by atoms with Crippen LogP contribution >= 0.6 is 0 Å². The molecule has 2 rings (SSSR count). The van der Waals surface area contributed by atoms with E-state index in [-0.39, 0.29) is 11.9 Å². The second-order valence-corrected chi connectivity index (χ2v) is 4.66. The monoisotopic (exact) mass is 270 g/mol. The third-order valence-electron chi connectivity index (χ3n) is 2.94. The quantitative estimate of drug-likeness (QED) is 0.871. The number of aryl methyl sites for hydroxylation is 1. The predicted octanol–water partition coefficient (Wildman–Crippen LogP) is 1.90. The van der Waals surface area contributed by atoms with Gasteiger partial charge in [0, 0.05) is 18.4 Å².